The summed E-state index contributed by atoms with van der Waals surface area (Å²) < 4.78 is 6.35. The first-order valence-corrected chi connectivity index (χ1v) is 5.11. The van der Waals surface area contributed by atoms with Gasteiger partial charge >= 0.3 is 5.97 Å². The molecule has 2 N–H and O–H groups in total. The second-order valence-corrected chi connectivity index (χ2v) is 3.73. The molecule has 1 aromatic carbocycles. The van der Waals surface area contributed by atoms with Crippen molar-refractivity contribution in [2.45, 2.75) is 6.92 Å². The lowest BCUT2D eigenvalue weighted by molar-refractivity contribution is 0.0602. The van der Waals surface area contributed by atoms with Gasteiger partial charge in [0.15, 0.2) is 0 Å². The Morgan fingerprint density at radius 2 is 2.24 bits per heavy atom. The molecule has 2 aromatic rings. The zero-order chi connectivity index (χ0) is 12.4. The molecule has 0 aliphatic heterocycles. The number of nitrogen functional groups attached to an aromatic ring is 1. The molecule has 0 bridgehead atoms. The summed E-state index contributed by atoms with van der Waals surface area (Å²) in [6.07, 6.45) is 3.61. The van der Waals surface area contributed by atoms with Crippen molar-refractivity contribution in [1.82, 2.24) is 9.78 Å². The van der Waals surface area contributed by atoms with Gasteiger partial charge in [0.1, 0.15) is 0 Å². The highest BCUT2D eigenvalue weighted by Gasteiger charge is 2.11. The fourth-order valence-corrected chi connectivity index (χ4v) is 1.53. The summed E-state index contributed by atoms with van der Waals surface area (Å²) in [4.78, 5) is 11.5. The predicted octanol–water partition coefficient (Wildman–Crippen LogP) is 1.55. The van der Waals surface area contributed by atoms with Crippen LogP contribution in [0, 0.1) is 6.92 Å². The van der Waals surface area contributed by atoms with Crippen LogP contribution in [0.2, 0.25) is 0 Å². The highest BCUT2D eigenvalue weighted by atomic mass is 16.5. The monoisotopic (exact) mass is 231 g/mol. The van der Waals surface area contributed by atoms with E-state index >= 15 is 0 Å². The van der Waals surface area contributed by atoms with Crippen LogP contribution in [0.3, 0.4) is 0 Å². The van der Waals surface area contributed by atoms with E-state index in [2.05, 4.69) is 9.84 Å². The molecule has 0 unspecified atom stereocenters. The van der Waals surface area contributed by atoms with Crippen molar-refractivity contribution in [3.63, 3.8) is 0 Å². The molecule has 0 saturated heterocycles. The average molecular weight is 231 g/mol. The minimum atomic E-state index is -0.451. The molecule has 0 aliphatic rings. The Balaban J connectivity index is 2.47. The third-order valence-electron chi connectivity index (χ3n) is 2.42. The van der Waals surface area contributed by atoms with Gasteiger partial charge in [-0.2, -0.15) is 5.10 Å². The number of carbonyl (C=O) groups excluding carboxylic acids is 1. The molecule has 1 heterocycles. The number of anilines is 1. The minimum absolute atomic E-state index is 0.346. The van der Waals surface area contributed by atoms with Crippen LogP contribution in [0.1, 0.15) is 15.9 Å². The Bertz CT molecular complexity index is 561. The number of hydrogen-bond acceptors (Lipinski definition) is 4. The van der Waals surface area contributed by atoms with Crippen molar-refractivity contribution in [2.24, 2.45) is 0 Å². The van der Waals surface area contributed by atoms with Crippen LogP contribution in [0.4, 0.5) is 5.69 Å². The number of hydrogen-bond donors (Lipinski definition) is 1. The predicted molar refractivity (Wildman–Crippen MR) is 64.1 cm³/mol. The van der Waals surface area contributed by atoms with Crippen LogP contribution in [0.25, 0.3) is 5.69 Å². The average Bonchev–Trinajstić information content (AvgIpc) is 2.75. The molecule has 5 nitrogen and oxygen atoms in total. The molecule has 0 spiro atoms. The maximum atomic E-state index is 11.5. The van der Waals surface area contributed by atoms with Crippen molar-refractivity contribution in [3.05, 3.63) is 41.7 Å². The molecule has 1 aromatic heterocycles. The van der Waals surface area contributed by atoms with Crippen LogP contribution in [-0.2, 0) is 4.74 Å². The van der Waals surface area contributed by atoms with E-state index < -0.39 is 5.97 Å². The number of benzene rings is 1. The molecular formula is C12H13N3O2. The van der Waals surface area contributed by atoms with Crippen molar-refractivity contribution in [3.8, 4) is 5.69 Å². The summed E-state index contributed by atoms with van der Waals surface area (Å²) in [6.45, 7) is 1.95. The zero-order valence-electron chi connectivity index (χ0n) is 9.68. The van der Waals surface area contributed by atoms with E-state index in [1.165, 1.54) is 7.11 Å². The maximum Gasteiger partial charge on any atom is 0.340 e. The minimum Gasteiger partial charge on any atom is -0.465 e. The van der Waals surface area contributed by atoms with Crippen LogP contribution >= 0.6 is 0 Å². The zero-order valence-corrected chi connectivity index (χ0v) is 9.68. The van der Waals surface area contributed by atoms with Gasteiger partial charge in [-0.1, -0.05) is 0 Å². The maximum absolute atomic E-state index is 11.5. The van der Waals surface area contributed by atoms with Gasteiger partial charge < -0.3 is 10.5 Å². The van der Waals surface area contributed by atoms with E-state index in [4.69, 9.17) is 5.73 Å². The highest BCUT2D eigenvalue weighted by molar-refractivity contribution is 5.95. The fourth-order valence-electron chi connectivity index (χ4n) is 1.53. The van der Waals surface area contributed by atoms with E-state index in [0.29, 0.717) is 11.3 Å². The van der Waals surface area contributed by atoms with E-state index in [9.17, 15) is 4.79 Å². The number of ether oxygens (including phenoxy) is 1. The molecular weight excluding hydrogens is 218 g/mol. The SMILES string of the molecule is COC(=O)c1cc(-n2cc(C)cn2)ccc1N. The standard InChI is InChI=1S/C12H13N3O2/c1-8-6-14-15(7-8)9-3-4-11(13)10(5-9)12(16)17-2/h3-7H,13H2,1-2H3. The second kappa shape index (κ2) is 4.29. The molecule has 2 rings (SSSR count). The number of esters is 1. The molecule has 88 valence electrons. The van der Waals surface area contributed by atoms with Crippen LogP contribution < -0.4 is 5.73 Å². The molecule has 0 atom stereocenters. The molecule has 0 amide bonds. The van der Waals surface area contributed by atoms with Gasteiger partial charge in [-0.3, -0.25) is 0 Å². The Morgan fingerprint density at radius 3 is 2.82 bits per heavy atom. The largest absolute Gasteiger partial charge is 0.465 e. The number of aromatic nitrogens is 2. The third-order valence-corrected chi connectivity index (χ3v) is 2.42. The van der Waals surface area contributed by atoms with Crippen LogP contribution in [0.15, 0.2) is 30.6 Å². The van der Waals surface area contributed by atoms with Gasteiger partial charge in [-0.15, -0.1) is 0 Å². The molecule has 0 saturated carbocycles. The number of nitrogens with two attached hydrogens (primary N) is 1. The molecule has 0 aliphatic carbocycles. The highest BCUT2D eigenvalue weighted by Crippen LogP contribution is 2.18. The van der Waals surface area contributed by atoms with Gasteiger partial charge in [-0.25, -0.2) is 9.48 Å². The summed E-state index contributed by atoms with van der Waals surface area (Å²) in [6, 6.07) is 5.13. The smallest absolute Gasteiger partial charge is 0.340 e. The fraction of sp³-hybridized carbons (Fsp3) is 0.167. The first kappa shape index (κ1) is 11.2. The van der Waals surface area contributed by atoms with Gasteiger partial charge in [0.25, 0.3) is 0 Å². The third kappa shape index (κ3) is 2.13. The summed E-state index contributed by atoms with van der Waals surface area (Å²) in [5.74, 6) is -0.451. The topological polar surface area (TPSA) is 70.1 Å². The Morgan fingerprint density at radius 1 is 1.47 bits per heavy atom. The van der Waals surface area contributed by atoms with Crippen LogP contribution in [0.5, 0.6) is 0 Å². The number of nitrogens with zero attached hydrogens (tertiary/aromatic N) is 2. The molecule has 0 radical (unpaired) electrons. The lowest BCUT2D eigenvalue weighted by atomic mass is 10.1. The van der Waals surface area contributed by atoms with Gasteiger partial charge in [-0.05, 0) is 30.7 Å². The van der Waals surface area contributed by atoms with Crippen molar-refractivity contribution < 1.29 is 9.53 Å². The summed E-state index contributed by atoms with van der Waals surface area (Å²) >= 11 is 0. The lowest BCUT2D eigenvalue weighted by Gasteiger charge is -2.07. The quantitative estimate of drug-likeness (QED) is 0.628. The normalized spacial score (nSPS) is 10.2. The van der Waals surface area contributed by atoms with Crippen molar-refractivity contribution in [2.75, 3.05) is 12.8 Å². The second-order valence-electron chi connectivity index (χ2n) is 3.73. The van der Waals surface area contributed by atoms with Crippen molar-refractivity contribution >= 4 is 11.7 Å². The van der Waals surface area contributed by atoms with Gasteiger partial charge in [0, 0.05) is 11.9 Å². The number of carbonyl (C=O) groups is 1. The van der Waals surface area contributed by atoms with Crippen molar-refractivity contribution in [1.29, 1.82) is 0 Å². The first-order chi connectivity index (χ1) is 8.11. The summed E-state index contributed by atoms with van der Waals surface area (Å²) in [5.41, 5.74) is 8.27. The van der Waals surface area contributed by atoms with E-state index in [-0.39, 0.29) is 0 Å². The van der Waals surface area contributed by atoms with Gasteiger partial charge in [0.05, 0.1) is 24.6 Å². The number of methoxy groups -OCH3 is 1. The number of rotatable bonds is 2. The van der Waals surface area contributed by atoms with Crippen LogP contribution in [-0.4, -0.2) is 22.9 Å². The first-order valence-electron chi connectivity index (χ1n) is 5.11. The van der Waals surface area contributed by atoms with E-state index in [1.54, 1.807) is 29.1 Å². The van der Waals surface area contributed by atoms with E-state index in [0.717, 1.165) is 11.3 Å². The Labute approximate surface area is 98.8 Å². The van der Waals surface area contributed by atoms with Gasteiger partial charge in [0.2, 0.25) is 0 Å². The van der Waals surface area contributed by atoms with E-state index in [1.807, 2.05) is 13.1 Å². The Hall–Kier alpha value is -2.30. The molecule has 5 heteroatoms. The lowest BCUT2D eigenvalue weighted by Crippen LogP contribution is -2.07. The summed E-state index contributed by atoms with van der Waals surface area (Å²) in [5, 5.41) is 4.17. The Kier molecular flexibility index (Phi) is 2.82. The number of aryl methyl sites for hydroxylation is 1. The summed E-state index contributed by atoms with van der Waals surface area (Å²) in [7, 11) is 1.33. The molecule has 17 heavy (non-hydrogen) atoms. The molecule has 0 fully saturated rings.